The number of carbonyl (C=O) groups is 1. The van der Waals surface area contributed by atoms with Crippen LogP contribution in [0.25, 0.3) is 0 Å². The Labute approximate surface area is 221 Å². The third-order valence-corrected chi connectivity index (χ3v) is 12.1. The van der Waals surface area contributed by atoms with E-state index in [4.69, 9.17) is 9.26 Å². The fourth-order valence-corrected chi connectivity index (χ4v) is 5.85. The molecule has 0 spiro atoms. The SMILES string of the molecule is C[C@H](CONC(=O)c1c2c(c(=O)n(C)c1Nc1ccc(I)cc1F)CCC2)O[Si](C)(C)C(C)(C)C. The van der Waals surface area contributed by atoms with Gasteiger partial charge in [0, 0.05) is 16.2 Å². The third-order valence-electron chi connectivity index (χ3n) is 6.85. The van der Waals surface area contributed by atoms with Gasteiger partial charge in [-0.1, -0.05) is 20.8 Å². The monoisotopic (exact) mass is 615 g/mol. The molecule has 35 heavy (non-hydrogen) atoms. The average molecular weight is 616 g/mol. The van der Waals surface area contributed by atoms with Crippen molar-refractivity contribution in [2.75, 3.05) is 11.9 Å². The van der Waals surface area contributed by atoms with Crippen molar-refractivity contribution in [3.63, 3.8) is 0 Å². The lowest BCUT2D eigenvalue weighted by molar-refractivity contribution is -0.00347. The van der Waals surface area contributed by atoms with Crippen molar-refractivity contribution < 1.29 is 18.4 Å². The van der Waals surface area contributed by atoms with Gasteiger partial charge in [-0.05, 0) is 90.7 Å². The molecule has 0 saturated heterocycles. The van der Waals surface area contributed by atoms with Gasteiger partial charge in [-0.15, -0.1) is 0 Å². The topological polar surface area (TPSA) is 81.6 Å². The molecule has 0 aliphatic heterocycles. The van der Waals surface area contributed by atoms with Gasteiger partial charge in [0.1, 0.15) is 11.6 Å². The first-order valence-corrected chi connectivity index (χ1v) is 15.8. The fraction of sp³-hybridized carbons (Fsp3) is 0.520. The minimum Gasteiger partial charge on any atom is -0.412 e. The summed E-state index contributed by atoms with van der Waals surface area (Å²) in [6, 6.07) is 4.73. The molecule has 0 saturated carbocycles. The largest absolute Gasteiger partial charge is 0.412 e. The number of nitrogens with one attached hydrogen (secondary N) is 2. The fourth-order valence-electron chi connectivity index (χ4n) is 3.97. The van der Waals surface area contributed by atoms with Gasteiger partial charge in [0.15, 0.2) is 8.32 Å². The highest BCUT2D eigenvalue weighted by atomic mass is 127. The van der Waals surface area contributed by atoms with Crippen molar-refractivity contribution in [3.05, 3.63) is 54.6 Å². The van der Waals surface area contributed by atoms with Gasteiger partial charge in [-0.25, -0.2) is 9.87 Å². The second kappa shape index (κ2) is 10.7. The van der Waals surface area contributed by atoms with E-state index in [0.29, 0.717) is 29.5 Å². The van der Waals surface area contributed by atoms with Crippen LogP contribution in [0.1, 0.15) is 55.6 Å². The van der Waals surface area contributed by atoms with Crippen LogP contribution in [-0.4, -0.2) is 31.5 Å². The van der Waals surface area contributed by atoms with Crippen molar-refractivity contribution >= 4 is 48.3 Å². The second-order valence-corrected chi connectivity index (χ2v) is 16.6. The van der Waals surface area contributed by atoms with Gasteiger partial charge in [0.25, 0.3) is 11.5 Å². The van der Waals surface area contributed by atoms with Crippen LogP contribution in [0.4, 0.5) is 15.9 Å². The Morgan fingerprint density at radius 3 is 2.54 bits per heavy atom. The molecule has 1 aliphatic rings. The first-order valence-electron chi connectivity index (χ1n) is 11.8. The molecule has 0 fully saturated rings. The maximum Gasteiger partial charge on any atom is 0.278 e. The molecule has 1 aromatic carbocycles. The molecule has 1 atom stereocenters. The average Bonchev–Trinajstić information content (AvgIpc) is 3.22. The Morgan fingerprint density at radius 1 is 1.26 bits per heavy atom. The lowest BCUT2D eigenvalue weighted by Crippen LogP contribution is -2.44. The lowest BCUT2D eigenvalue weighted by Gasteiger charge is -2.38. The number of carbonyl (C=O) groups excluding carboxylic acids is 1. The first kappa shape index (κ1) is 27.8. The van der Waals surface area contributed by atoms with Crippen LogP contribution >= 0.6 is 22.6 Å². The molecule has 0 unspecified atom stereocenters. The number of rotatable bonds is 8. The Kier molecular flexibility index (Phi) is 8.50. The van der Waals surface area contributed by atoms with Crippen LogP contribution < -0.4 is 16.4 Å². The Hall–Kier alpha value is -1.76. The lowest BCUT2D eigenvalue weighted by atomic mass is 10.0. The van der Waals surface area contributed by atoms with E-state index in [9.17, 15) is 14.0 Å². The quantitative estimate of drug-likeness (QED) is 0.235. The zero-order chi connectivity index (χ0) is 26.1. The van der Waals surface area contributed by atoms with E-state index in [0.717, 1.165) is 9.99 Å². The van der Waals surface area contributed by atoms with E-state index in [1.807, 2.05) is 29.5 Å². The number of halogens is 2. The van der Waals surface area contributed by atoms with E-state index in [2.05, 4.69) is 44.7 Å². The van der Waals surface area contributed by atoms with E-state index >= 15 is 0 Å². The molecule has 2 aromatic rings. The van der Waals surface area contributed by atoms with E-state index in [-0.39, 0.29) is 34.8 Å². The highest BCUT2D eigenvalue weighted by Crippen LogP contribution is 2.37. The molecule has 2 N–H and O–H groups in total. The summed E-state index contributed by atoms with van der Waals surface area (Å²) in [6.45, 7) is 12.9. The van der Waals surface area contributed by atoms with Crippen LogP contribution in [0.5, 0.6) is 0 Å². The number of benzene rings is 1. The van der Waals surface area contributed by atoms with Crippen LogP contribution in [0.2, 0.25) is 18.1 Å². The summed E-state index contributed by atoms with van der Waals surface area (Å²) in [5, 5.41) is 3.04. The van der Waals surface area contributed by atoms with Crippen molar-refractivity contribution in [2.24, 2.45) is 7.05 Å². The number of hydroxylamine groups is 1. The highest BCUT2D eigenvalue weighted by molar-refractivity contribution is 14.1. The highest BCUT2D eigenvalue weighted by Gasteiger charge is 2.38. The summed E-state index contributed by atoms with van der Waals surface area (Å²) >= 11 is 2.03. The number of aromatic nitrogens is 1. The second-order valence-electron chi connectivity index (χ2n) is 10.6. The van der Waals surface area contributed by atoms with Crippen molar-refractivity contribution in [1.29, 1.82) is 0 Å². The molecule has 1 amide bonds. The molecule has 1 heterocycles. The predicted octanol–water partition coefficient (Wildman–Crippen LogP) is 5.43. The summed E-state index contributed by atoms with van der Waals surface area (Å²) in [4.78, 5) is 31.8. The number of hydrogen-bond acceptors (Lipinski definition) is 5. The molecule has 0 bridgehead atoms. The first-order chi connectivity index (χ1) is 16.2. The zero-order valence-corrected chi connectivity index (χ0v) is 24.6. The molecule has 7 nitrogen and oxygen atoms in total. The summed E-state index contributed by atoms with van der Waals surface area (Å²) in [5.41, 5.74) is 4.15. The smallest absolute Gasteiger partial charge is 0.278 e. The van der Waals surface area contributed by atoms with Gasteiger partial charge in [0.2, 0.25) is 0 Å². The molecule has 10 heteroatoms. The third kappa shape index (κ3) is 6.15. The van der Waals surface area contributed by atoms with E-state index < -0.39 is 20.0 Å². The van der Waals surface area contributed by atoms with Crippen LogP contribution in [0.15, 0.2) is 23.0 Å². The molecule has 1 aliphatic carbocycles. The van der Waals surface area contributed by atoms with Gasteiger partial charge in [-0.3, -0.25) is 19.0 Å². The zero-order valence-electron chi connectivity index (χ0n) is 21.5. The standard InChI is InChI=1S/C25H35FIN3O4Si/c1-15(34-35(6,7)25(2,3)4)14-33-29-23(31)21-17-9-8-10-18(17)24(32)30(5)22(21)28-20-12-11-16(27)13-19(20)26/h11-13,15,28H,8-10,14H2,1-7H3,(H,29,31)/t15-/m1/s1. The van der Waals surface area contributed by atoms with Gasteiger partial charge >= 0.3 is 0 Å². The number of hydrogen-bond donors (Lipinski definition) is 2. The van der Waals surface area contributed by atoms with Gasteiger partial charge < -0.3 is 9.74 Å². The van der Waals surface area contributed by atoms with Gasteiger partial charge in [-0.2, -0.15) is 0 Å². The van der Waals surface area contributed by atoms with E-state index in [1.165, 1.54) is 10.6 Å². The molecule has 3 rings (SSSR count). The normalized spacial score (nSPS) is 14.5. The van der Waals surface area contributed by atoms with Crippen LogP contribution in [0, 0.1) is 9.39 Å². The number of anilines is 2. The van der Waals surface area contributed by atoms with E-state index in [1.54, 1.807) is 19.2 Å². The number of pyridine rings is 1. The number of amides is 1. The Morgan fingerprint density at radius 2 is 1.91 bits per heavy atom. The maximum absolute atomic E-state index is 14.6. The van der Waals surface area contributed by atoms with Crippen LogP contribution in [0.3, 0.4) is 0 Å². The molecular formula is C25H35FIN3O4Si. The molecule has 0 radical (unpaired) electrons. The minimum absolute atomic E-state index is 0.0608. The molecule has 192 valence electrons. The maximum atomic E-state index is 14.6. The molecular weight excluding hydrogens is 580 g/mol. The Bertz CT molecular complexity index is 1180. The van der Waals surface area contributed by atoms with Crippen molar-refractivity contribution in [2.45, 2.75) is 71.2 Å². The summed E-state index contributed by atoms with van der Waals surface area (Å²) in [5.74, 6) is -0.710. The van der Waals surface area contributed by atoms with Gasteiger partial charge in [0.05, 0.1) is 24.0 Å². The Balaban J connectivity index is 1.84. The number of nitrogens with zero attached hydrogens (tertiary/aromatic N) is 1. The summed E-state index contributed by atoms with van der Waals surface area (Å²) in [7, 11) is -0.391. The van der Waals surface area contributed by atoms with Crippen molar-refractivity contribution in [1.82, 2.24) is 10.0 Å². The molecule has 1 aromatic heterocycles. The predicted molar refractivity (Wildman–Crippen MR) is 147 cm³/mol. The summed E-state index contributed by atoms with van der Waals surface area (Å²) in [6.07, 6.45) is 1.78. The summed E-state index contributed by atoms with van der Waals surface area (Å²) < 4.78 is 23.0. The minimum atomic E-state index is -1.98. The van der Waals surface area contributed by atoms with Crippen molar-refractivity contribution in [3.8, 4) is 0 Å². The number of fused-ring (bicyclic) bond motifs is 1. The van der Waals surface area contributed by atoms with Crippen LogP contribution in [-0.2, 0) is 29.2 Å².